The Kier molecular flexibility index (Phi) is 3.39. The van der Waals surface area contributed by atoms with Gasteiger partial charge in [-0.25, -0.2) is 0 Å². The van der Waals surface area contributed by atoms with Crippen LogP contribution in [0.4, 0.5) is 0 Å². The van der Waals surface area contributed by atoms with Gasteiger partial charge in [0.15, 0.2) is 0 Å². The van der Waals surface area contributed by atoms with E-state index in [1.807, 2.05) is 0 Å². The summed E-state index contributed by atoms with van der Waals surface area (Å²) in [7, 11) is 0. The van der Waals surface area contributed by atoms with Gasteiger partial charge in [-0.15, -0.1) is 0 Å². The first-order valence-corrected chi connectivity index (χ1v) is 6.85. The van der Waals surface area contributed by atoms with Crippen LogP contribution in [-0.2, 0) is 0 Å². The Morgan fingerprint density at radius 1 is 1.20 bits per heavy atom. The van der Waals surface area contributed by atoms with Gasteiger partial charge >= 0.3 is 0 Å². The second-order valence-electron chi connectivity index (χ2n) is 6.43. The van der Waals surface area contributed by atoms with E-state index in [4.69, 9.17) is 5.73 Å². The van der Waals surface area contributed by atoms with Crippen LogP contribution in [0.5, 0.6) is 0 Å². The highest BCUT2D eigenvalue weighted by atomic mass is 14.5. The van der Waals surface area contributed by atoms with E-state index in [1.54, 1.807) is 0 Å². The highest BCUT2D eigenvalue weighted by molar-refractivity contribution is 4.97. The van der Waals surface area contributed by atoms with Crippen molar-refractivity contribution < 1.29 is 0 Å². The number of rotatable bonds is 3. The molecule has 0 aromatic rings. The zero-order valence-corrected chi connectivity index (χ0v) is 10.5. The van der Waals surface area contributed by atoms with Gasteiger partial charge in [-0.2, -0.15) is 0 Å². The maximum Gasteiger partial charge on any atom is -0.00746 e. The lowest BCUT2D eigenvalue weighted by Gasteiger charge is -2.53. The number of hydrogen-bond acceptors (Lipinski definition) is 1. The minimum atomic E-state index is 0.792. The predicted molar refractivity (Wildman–Crippen MR) is 65.6 cm³/mol. The molecule has 0 saturated heterocycles. The maximum absolute atomic E-state index is 5.64. The quantitative estimate of drug-likeness (QED) is 0.755. The third kappa shape index (κ3) is 2.38. The van der Waals surface area contributed by atoms with Crippen molar-refractivity contribution in [3.63, 3.8) is 0 Å². The molecule has 2 rings (SSSR count). The molecule has 0 bridgehead atoms. The van der Waals surface area contributed by atoms with Crippen LogP contribution in [0, 0.1) is 23.2 Å². The smallest absolute Gasteiger partial charge is 0.00746 e. The second-order valence-corrected chi connectivity index (χ2v) is 6.43. The Labute approximate surface area is 94.8 Å². The summed E-state index contributed by atoms with van der Waals surface area (Å²) < 4.78 is 0. The summed E-state index contributed by atoms with van der Waals surface area (Å²) in [6, 6.07) is 0. The summed E-state index contributed by atoms with van der Waals surface area (Å²) >= 11 is 0. The minimum absolute atomic E-state index is 0.792. The van der Waals surface area contributed by atoms with Crippen molar-refractivity contribution >= 4 is 0 Å². The molecule has 0 aromatic carbocycles. The van der Waals surface area contributed by atoms with E-state index in [9.17, 15) is 0 Å². The van der Waals surface area contributed by atoms with Crippen LogP contribution in [0.1, 0.15) is 58.8 Å². The molecule has 88 valence electrons. The van der Waals surface area contributed by atoms with Crippen molar-refractivity contribution in [1.82, 2.24) is 0 Å². The lowest BCUT2D eigenvalue weighted by molar-refractivity contribution is -0.0207. The van der Waals surface area contributed by atoms with Gasteiger partial charge in [0.1, 0.15) is 0 Å². The molecule has 0 aromatic heterocycles. The molecule has 0 aliphatic heterocycles. The van der Waals surface area contributed by atoms with Crippen molar-refractivity contribution in [3.8, 4) is 0 Å². The molecule has 2 aliphatic rings. The van der Waals surface area contributed by atoms with E-state index in [0.717, 1.165) is 29.7 Å². The highest BCUT2D eigenvalue weighted by Gasteiger charge is 2.46. The summed E-state index contributed by atoms with van der Waals surface area (Å²) in [6.07, 6.45) is 10.2. The van der Waals surface area contributed by atoms with Gasteiger partial charge in [0.25, 0.3) is 0 Å². The van der Waals surface area contributed by atoms with Gasteiger partial charge in [-0.1, -0.05) is 13.8 Å². The molecule has 0 amide bonds. The highest BCUT2D eigenvalue weighted by Crippen LogP contribution is 2.57. The summed E-state index contributed by atoms with van der Waals surface area (Å²) in [5, 5.41) is 0. The molecular formula is C14H27N. The maximum atomic E-state index is 5.64. The molecule has 15 heavy (non-hydrogen) atoms. The van der Waals surface area contributed by atoms with Crippen LogP contribution >= 0.6 is 0 Å². The molecule has 2 fully saturated rings. The first-order valence-electron chi connectivity index (χ1n) is 6.85. The molecule has 1 spiro atoms. The molecule has 0 heterocycles. The number of nitrogens with two attached hydrogens (primary N) is 1. The zero-order valence-electron chi connectivity index (χ0n) is 10.5. The Hall–Kier alpha value is -0.0400. The summed E-state index contributed by atoms with van der Waals surface area (Å²) in [5.41, 5.74) is 6.43. The first kappa shape index (κ1) is 11.4. The predicted octanol–water partition coefficient (Wildman–Crippen LogP) is 3.58. The molecule has 0 unspecified atom stereocenters. The average molecular weight is 209 g/mol. The van der Waals surface area contributed by atoms with E-state index >= 15 is 0 Å². The fraction of sp³-hybridized carbons (Fsp3) is 1.00. The Morgan fingerprint density at radius 2 is 1.80 bits per heavy atom. The Balaban J connectivity index is 1.75. The fourth-order valence-electron chi connectivity index (χ4n) is 3.75. The normalized spacial score (nSPS) is 40.8. The molecule has 2 saturated carbocycles. The molecule has 2 aliphatic carbocycles. The molecular weight excluding hydrogens is 182 g/mol. The van der Waals surface area contributed by atoms with Gasteiger partial charge in [0.05, 0.1) is 0 Å². The van der Waals surface area contributed by atoms with Crippen molar-refractivity contribution in [2.45, 2.75) is 58.8 Å². The third-order valence-corrected chi connectivity index (χ3v) is 5.07. The zero-order chi connectivity index (χ0) is 10.9. The van der Waals surface area contributed by atoms with Gasteiger partial charge in [-0.05, 0) is 74.7 Å². The Morgan fingerprint density at radius 3 is 2.27 bits per heavy atom. The summed E-state index contributed by atoms with van der Waals surface area (Å²) in [5.74, 6) is 2.91. The number of hydrogen-bond donors (Lipinski definition) is 1. The first-order chi connectivity index (χ1) is 7.15. The molecule has 0 radical (unpaired) electrons. The van der Waals surface area contributed by atoms with Crippen molar-refractivity contribution in [2.24, 2.45) is 28.9 Å². The van der Waals surface area contributed by atoms with Gasteiger partial charge < -0.3 is 5.73 Å². The van der Waals surface area contributed by atoms with Gasteiger partial charge in [0, 0.05) is 0 Å². The molecule has 0 atom stereocenters. The van der Waals surface area contributed by atoms with Crippen LogP contribution in [0.2, 0.25) is 0 Å². The summed E-state index contributed by atoms with van der Waals surface area (Å²) in [6.45, 7) is 5.67. The van der Waals surface area contributed by atoms with Crippen LogP contribution < -0.4 is 5.73 Å². The largest absolute Gasteiger partial charge is 0.330 e. The average Bonchev–Trinajstić information content (AvgIpc) is 2.16. The third-order valence-electron chi connectivity index (χ3n) is 5.07. The lowest BCUT2D eigenvalue weighted by atomic mass is 9.52. The van der Waals surface area contributed by atoms with Crippen LogP contribution in [0.3, 0.4) is 0 Å². The van der Waals surface area contributed by atoms with Crippen LogP contribution in [0.15, 0.2) is 0 Å². The lowest BCUT2D eigenvalue weighted by Crippen LogP contribution is -2.42. The van der Waals surface area contributed by atoms with E-state index in [1.165, 1.54) is 44.9 Å². The fourth-order valence-corrected chi connectivity index (χ4v) is 3.75. The Bertz CT molecular complexity index is 193. The summed E-state index contributed by atoms with van der Waals surface area (Å²) in [4.78, 5) is 0. The van der Waals surface area contributed by atoms with Crippen LogP contribution in [0.25, 0.3) is 0 Å². The van der Waals surface area contributed by atoms with E-state index in [0.29, 0.717) is 0 Å². The molecule has 2 N–H and O–H groups in total. The standard InChI is InChI=1S/C14H27N/c1-11(2)13-9-14(10-13)6-3-12(4-7-14)5-8-15/h11-13H,3-10,15H2,1-2H3. The van der Waals surface area contributed by atoms with Gasteiger partial charge in [-0.3, -0.25) is 0 Å². The van der Waals surface area contributed by atoms with Crippen molar-refractivity contribution in [2.75, 3.05) is 6.54 Å². The van der Waals surface area contributed by atoms with Crippen LogP contribution in [-0.4, -0.2) is 6.54 Å². The van der Waals surface area contributed by atoms with Crippen molar-refractivity contribution in [1.29, 1.82) is 0 Å². The van der Waals surface area contributed by atoms with Crippen molar-refractivity contribution in [3.05, 3.63) is 0 Å². The van der Waals surface area contributed by atoms with Gasteiger partial charge in [0.2, 0.25) is 0 Å². The topological polar surface area (TPSA) is 26.0 Å². The van der Waals surface area contributed by atoms with E-state index < -0.39 is 0 Å². The SMILES string of the molecule is CC(C)C1CC2(CCC(CCN)CC2)C1. The second kappa shape index (κ2) is 4.45. The van der Waals surface area contributed by atoms with E-state index in [2.05, 4.69) is 13.8 Å². The van der Waals surface area contributed by atoms with E-state index in [-0.39, 0.29) is 0 Å². The monoisotopic (exact) mass is 209 g/mol. The minimum Gasteiger partial charge on any atom is -0.330 e. The molecule has 1 heteroatoms. The molecule has 1 nitrogen and oxygen atoms in total.